The number of para-hydroxylation sites is 1. The van der Waals surface area contributed by atoms with Gasteiger partial charge in [-0.2, -0.15) is 0 Å². The van der Waals surface area contributed by atoms with Gasteiger partial charge in [0.05, 0.1) is 39.3 Å². The van der Waals surface area contributed by atoms with E-state index in [1.54, 1.807) is 5.57 Å². The predicted molar refractivity (Wildman–Crippen MR) is 288 cm³/mol. The highest BCUT2D eigenvalue weighted by atomic mass is 15.0. The summed E-state index contributed by atoms with van der Waals surface area (Å²) >= 11 is 0. The molecular formula is C65H54N4. The number of nitrogens with zero attached hydrogens (tertiary/aromatic N) is 4. The first-order valence-electron chi connectivity index (χ1n) is 25.0. The van der Waals surface area contributed by atoms with Crippen LogP contribution < -0.4 is 0 Å². The molecule has 0 saturated heterocycles. The van der Waals surface area contributed by atoms with Gasteiger partial charge in [0.2, 0.25) is 0 Å². The summed E-state index contributed by atoms with van der Waals surface area (Å²) in [7, 11) is 0. The molecular weight excluding hydrogens is 837 g/mol. The zero-order chi connectivity index (χ0) is 45.9. The van der Waals surface area contributed by atoms with Crippen molar-refractivity contribution in [3.8, 4) is 50.7 Å². The highest BCUT2D eigenvalue weighted by Crippen LogP contribution is 2.49. The Bertz CT molecular complexity index is 3670. The molecule has 1 unspecified atom stereocenters. The van der Waals surface area contributed by atoms with Crippen molar-refractivity contribution >= 4 is 44.5 Å². The molecule has 4 aromatic heterocycles. The van der Waals surface area contributed by atoms with Gasteiger partial charge in [0.1, 0.15) is 0 Å². The number of rotatable bonds is 8. The third-order valence-electron chi connectivity index (χ3n) is 15.5. The predicted octanol–water partition coefficient (Wildman–Crippen LogP) is 16.9. The molecule has 1 fully saturated rings. The lowest BCUT2D eigenvalue weighted by molar-refractivity contribution is 0.332. The van der Waals surface area contributed by atoms with E-state index in [0.29, 0.717) is 5.92 Å². The zero-order valence-corrected chi connectivity index (χ0v) is 39.2. The van der Waals surface area contributed by atoms with Crippen molar-refractivity contribution < 1.29 is 0 Å². The molecule has 4 nitrogen and oxygen atoms in total. The van der Waals surface area contributed by atoms with Crippen LogP contribution in [0, 0.1) is 5.92 Å². The fourth-order valence-electron chi connectivity index (χ4n) is 12.1. The standard InChI is InChI=1S/C65H54N4/c1-44-25-36-62-54(41-44)56-43-48(60-23-14-21-58(67-60)46-17-7-3-8-18-46)27-38-64(56)69(62)52-34-30-50(31-35-52)65(39-11-4-12-40-65)49-28-32-51(33-29-49)68-61-24-10-9-19-53(61)55-42-47(26-37-63(55)68)59-22-13-20-57(66-59)45-15-5-2-6-16-45/h2-3,5-10,13-28,30-32,34-38,42-44H,4,11-12,29,33,39-41H2,1H3. The SMILES string of the molecule is CC1C=Cc2c(c3cc(-c4cccc(-c5ccccc5)n4)ccc3n2-c2ccc(C3(C4=CC=C(n5c6ccccc6c6cc(-c7cccc(-c8ccccc8)n7)ccc65)CC4)CCCCC3)cc2)C1. The molecule has 10 aromatic rings. The third-order valence-corrected chi connectivity index (χ3v) is 15.5. The molecule has 0 amide bonds. The van der Waals surface area contributed by atoms with Gasteiger partial charge in [-0.15, -0.1) is 0 Å². The number of aromatic nitrogens is 4. The summed E-state index contributed by atoms with van der Waals surface area (Å²) in [4.78, 5) is 10.3. The molecule has 4 heteroatoms. The molecule has 1 saturated carbocycles. The Kier molecular flexibility index (Phi) is 10.2. The van der Waals surface area contributed by atoms with E-state index in [1.165, 1.54) is 93.0 Å². The number of allylic oxidation sites excluding steroid dienone is 5. The number of pyridine rings is 2. The maximum absolute atomic E-state index is 5.14. The molecule has 0 bridgehead atoms. The van der Waals surface area contributed by atoms with Gasteiger partial charge in [-0.1, -0.05) is 159 Å². The largest absolute Gasteiger partial charge is 0.313 e. The quantitative estimate of drug-likeness (QED) is 0.152. The molecule has 3 aliphatic carbocycles. The summed E-state index contributed by atoms with van der Waals surface area (Å²) in [6.07, 6.45) is 19.0. The van der Waals surface area contributed by atoms with Crippen molar-refractivity contribution in [2.75, 3.05) is 0 Å². The van der Waals surface area contributed by atoms with E-state index in [2.05, 4.69) is 222 Å². The van der Waals surface area contributed by atoms with Crippen LogP contribution >= 0.6 is 0 Å². The molecule has 3 aliphatic rings. The topological polar surface area (TPSA) is 35.6 Å². The first-order chi connectivity index (χ1) is 34.1. The molecule has 0 spiro atoms. The van der Waals surface area contributed by atoms with Crippen LogP contribution in [-0.4, -0.2) is 19.1 Å². The smallest absolute Gasteiger partial charge is 0.0709 e. The second-order valence-electron chi connectivity index (χ2n) is 19.6. The van der Waals surface area contributed by atoms with E-state index in [1.807, 2.05) is 0 Å². The van der Waals surface area contributed by atoms with Gasteiger partial charge in [0.15, 0.2) is 0 Å². The Morgan fingerprint density at radius 2 is 1.06 bits per heavy atom. The molecule has 4 heterocycles. The van der Waals surface area contributed by atoms with Crippen molar-refractivity contribution in [3.05, 3.63) is 223 Å². The lowest BCUT2D eigenvalue weighted by Gasteiger charge is -2.41. The lowest BCUT2D eigenvalue weighted by Crippen LogP contribution is -2.32. The Balaban J connectivity index is 0.841. The Labute approximate surface area is 404 Å². The first-order valence-corrected chi connectivity index (χ1v) is 25.0. The molecule has 69 heavy (non-hydrogen) atoms. The minimum absolute atomic E-state index is 0.0412. The van der Waals surface area contributed by atoms with Gasteiger partial charge in [-0.3, -0.25) is 0 Å². The molecule has 6 aromatic carbocycles. The van der Waals surface area contributed by atoms with Crippen LogP contribution in [0.4, 0.5) is 0 Å². The van der Waals surface area contributed by atoms with Crippen molar-refractivity contribution in [2.24, 2.45) is 5.92 Å². The van der Waals surface area contributed by atoms with Crippen LogP contribution in [-0.2, 0) is 11.8 Å². The highest BCUT2D eigenvalue weighted by molar-refractivity contribution is 6.11. The third kappa shape index (κ3) is 7.20. The van der Waals surface area contributed by atoms with E-state index >= 15 is 0 Å². The minimum atomic E-state index is 0.0412. The minimum Gasteiger partial charge on any atom is -0.313 e. The van der Waals surface area contributed by atoms with Gasteiger partial charge >= 0.3 is 0 Å². The monoisotopic (exact) mass is 890 g/mol. The van der Waals surface area contributed by atoms with Gasteiger partial charge in [0, 0.05) is 60.9 Å². The fraction of sp³-hybridized carbons (Fsp3) is 0.169. The number of hydrogen-bond donors (Lipinski definition) is 0. The summed E-state index contributed by atoms with van der Waals surface area (Å²) in [5.41, 5.74) is 20.7. The van der Waals surface area contributed by atoms with Crippen LogP contribution in [0.2, 0.25) is 0 Å². The van der Waals surface area contributed by atoms with E-state index in [4.69, 9.17) is 9.97 Å². The Morgan fingerprint density at radius 1 is 0.478 bits per heavy atom. The average molecular weight is 891 g/mol. The summed E-state index contributed by atoms with van der Waals surface area (Å²) in [5.74, 6) is 0.487. The lowest BCUT2D eigenvalue weighted by atomic mass is 9.63. The van der Waals surface area contributed by atoms with E-state index in [9.17, 15) is 0 Å². The summed E-state index contributed by atoms with van der Waals surface area (Å²) in [5, 5.41) is 3.87. The second kappa shape index (κ2) is 17.1. The maximum Gasteiger partial charge on any atom is 0.0709 e. The van der Waals surface area contributed by atoms with Crippen LogP contribution in [0.25, 0.3) is 95.2 Å². The molecule has 0 aliphatic heterocycles. The fourth-order valence-corrected chi connectivity index (χ4v) is 12.1. The van der Waals surface area contributed by atoms with Gasteiger partial charge in [-0.05, 0) is 128 Å². The van der Waals surface area contributed by atoms with Crippen LogP contribution in [0.5, 0.6) is 0 Å². The number of fused-ring (bicyclic) bond motifs is 6. The van der Waals surface area contributed by atoms with Gasteiger partial charge < -0.3 is 9.13 Å². The molecule has 0 N–H and O–H groups in total. The molecule has 334 valence electrons. The van der Waals surface area contributed by atoms with Crippen molar-refractivity contribution in [2.45, 2.75) is 63.7 Å². The summed E-state index contributed by atoms with van der Waals surface area (Å²) < 4.78 is 5.03. The van der Waals surface area contributed by atoms with E-state index < -0.39 is 0 Å². The maximum atomic E-state index is 5.14. The molecule has 0 radical (unpaired) electrons. The normalized spacial score (nSPS) is 16.7. The highest BCUT2D eigenvalue weighted by Gasteiger charge is 2.38. The summed E-state index contributed by atoms with van der Waals surface area (Å²) in [6.45, 7) is 2.33. The zero-order valence-electron chi connectivity index (χ0n) is 39.2. The molecule has 13 rings (SSSR count). The Hall–Kier alpha value is -7.82. The number of benzene rings is 6. The van der Waals surface area contributed by atoms with Crippen molar-refractivity contribution in [1.29, 1.82) is 0 Å². The number of hydrogen-bond acceptors (Lipinski definition) is 2. The average Bonchev–Trinajstić information content (AvgIpc) is 3.93. The van der Waals surface area contributed by atoms with Crippen molar-refractivity contribution in [1.82, 2.24) is 19.1 Å². The first kappa shape index (κ1) is 41.4. The molecule has 1 atom stereocenters. The van der Waals surface area contributed by atoms with Gasteiger partial charge in [-0.25, -0.2) is 9.97 Å². The van der Waals surface area contributed by atoms with E-state index in [-0.39, 0.29) is 5.41 Å². The van der Waals surface area contributed by atoms with Crippen LogP contribution in [0.1, 0.15) is 68.7 Å². The van der Waals surface area contributed by atoms with E-state index in [0.717, 1.165) is 64.3 Å². The summed E-state index contributed by atoms with van der Waals surface area (Å²) in [6, 6.07) is 66.2. The Morgan fingerprint density at radius 3 is 1.70 bits per heavy atom. The van der Waals surface area contributed by atoms with Crippen LogP contribution in [0.3, 0.4) is 0 Å². The van der Waals surface area contributed by atoms with Crippen molar-refractivity contribution in [3.63, 3.8) is 0 Å². The van der Waals surface area contributed by atoms with Gasteiger partial charge in [0.25, 0.3) is 0 Å². The second-order valence-corrected chi connectivity index (χ2v) is 19.6. The van der Waals surface area contributed by atoms with Crippen LogP contribution in [0.15, 0.2) is 206 Å².